The molecule has 166 valence electrons. The third-order valence-electron chi connectivity index (χ3n) is 5.73. The van der Waals surface area contributed by atoms with Gasteiger partial charge in [0.15, 0.2) is 0 Å². The Labute approximate surface area is 188 Å². The molecule has 1 atom stereocenters. The predicted octanol–water partition coefficient (Wildman–Crippen LogP) is 3.44. The number of nitrogens with two attached hydrogens (primary N) is 1. The second-order valence-corrected chi connectivity index (χ2v) is 7.73. The molecule has 4 N–H and O–H groups in total. The second kappa shape index (κ2) is 8.23. The summed E-state index contributed by atoms with van der Waals surface area (Å²) in [5.41, 5.74) is 8.59. The van der Waals surface area contributed by atoms with Gasteiger partial charge in [0.1, 0.15) is 28.7 Å². The molecule has 1 unspecified atom stereocenters. The Morgan fingerprint density at radius 2 is 1.91 bits per heavy atom. The van der Waals surface area contributed by atoms with Crippen molar-refractivity contribution in [3.63, 3.8) is 0 Å². The van der Waals surface area contributed by atoms with E-state index < -0.39 is 6.09 Å². The van der Waals surface area contributed by atoms with Gasteiger partial charge in [-0.3, -0.25) is 14.1 Å². The van der Waals surface area contributed by atoms with Gasteiger partial charge in [-0.25, -0.2) is 19.7 Å². The molecule has 10 nitrogen and oxygen atoms in total. The Morgan fingerprint density at radius 1 is 1.09 bits per heavy atom. The largest absolute Gasteiger partial charge is 0.465 e. The van der Waals surface area contributed by atoms with Gasteiger partial charge in [-0.15, -0.1) is 0 Å². The number of aromatic nitrogens is 4. The van der Waals surface area contributed by atoms with Crippen LogP contribution >= 0.6 is 0 Å². The number of pyridine rings is 1. The molecule has 1 fully saturated rings. The maximum atomic E-state index is 12.5. The number of likely N-dealkylation sites (tertiary alicyclic amines) is 1. The minimum absolute atomic E-state index is 0.278. The normalized spacial score (nSPS) is 15.6. The van der Waals surface area contributed by atoms with Crippen LogP contribution in [0, 0.1) is 0 Å². The summed E-state index contributed by atoms with van der Waals surface area (Å²) in [4.78, 5) is 38.8. The Bertz CT molecular complexity index is 1340. The number of nitrogen functional groups attached to an aromatic ring is 1. The molecule has 0 saturated carbocycles. The smallest absolute Gasteiger partial charge is 0.407 e. The lowest BCUT2D eigenvalue weighted by molar-refractivity contribution is 0.102. The minimum Gasteiger partial charge on any atom is -0.465 e. The van der Waals surface area contributed by atoms with E-state index in [-0.39, 0.29) is 11.9 Å². The highest BCUT2D eigenvalue weighted by Gasteiger charge is 2.34. The topological polar surface area (TPSA) is 139 Å². The van der Waals surface area contributed by atoms with Gasteiger partial charge >= 0.3 is 6.09 Å². The van der Waals surface area contributed by atoms with Crippen LogP contribution in [0.2, 0.25) is 0 Å². The number of fused-ring (bicyclic) bond motifs is 1. The fourth-order valence-electron chi connectivity index (χ4n) is 4.19. The number of rotatable bonds is 4. The van der Waals surface area contributed by atoms with Gasteiger partial charge in [0, 0.05) is 36.3 Å². The van der Waals surface area contributed by atoms with E-state index in [1.54, 1.807) is 61.1 Å². The average molecular weight is 443 g/mol. The minimum atomic E-state index is -0.971. The molecule has 5 rings (SSSR count). The van der Waals surface area contributed by atoms with E-state index in [2.05, 4.69) is 15.3 Å². The number of hydrogen-bond donors (Lipinski definition) is 3. The van der Waals surface area contributed by atoms with Crippen LogP contribution in [0.5, 0.6) is 0 Å². The quantitative estimate of drug-likeness (QED) is 0.439. The summed E-state index contributed by atoms with van der Waals surface area (Å²) in [7, 11) is 0. The molecule has 1 aromatic carbocycles. The summed E-state index contributed by atoms with van der Waals surface area (Å²) in [6, 6.07) is 11.9. The molecule has 1 aliphatic rings. The Kier molecular flexibility index (Phi) is 5.09. The van der Waals surface area contributed by atoms with Crippen molar-refractivity contribution < 1.29 is 14.7 Å². The van der Waals surface area contributed by atoms with E-state index in [9.17, 15) is 14.7 Å². The van der Waals surface area contributed by atoms with Gasteiger partial charge < -0.3 is 16.2 Å². The molecule has 0 radical (unpaired) electrons. The maximum absolute atomic E-state index is 12.5. The molecule has 4 heterocycles. The van der Waals surface area contributed by atoms with E-state index in [4.69, 9.17) is 10.7 Å². The van der Waals surface area contributed by atoms with Crippen molar-refractivity contribution in [2.24, 2.45) is 0 Å². The lowest BCUT2D eigenvalue weighted by Crippen LogP contribution is -2.29. The first-order chi connectivity index (χ1) is 16.0. The fourth-order valence-corrected chi connectivity index (χ4v) is 4.19. The lowest BCUT2D eigenvalue weighted by atomic mass is 10.1. The van der Waals surface area contributed by atoms with Crippen LogP contribution in [-0.2, 0) is 0 Å². The number of nitrogens with zero attached hydrogens (tertiary/aromatic N) is 5. The number of anilines is 2. The SMILES string of the molecule is Nc1nccn2c(C3CCCN3C(=O)O)nc(-c3ccc(C(=O)Nc4ccccn4)cc3)c12. The van der Waals surface area contributed by atoms with Crippen molar-refractivity contribution in [2.75, 3.05) is 17.6 Å². The van der Waals surface area contributed by atoms with E-state index >= 15 is 0 Å². The van der Waals surface area contributed by atoms with E-state index in [1.807, 2.05) is 4.40 Å². The van der Waals surface area contributed by atoms with Crippen molar-refractivity contribution >= 4 is 29.2 Å². The third-order valence-corrected chi connectivity index (χ3v) is 5.73. The first kappa shape index (κ1) is 20.4. The molecule has 4 aromatic rings. The van der Waals surface area contributed by atoms with Crippen LogP contribution in [0.25, 0.3) is 16.8 Å². The first-order valence-corrected chi connectivity index (χ1v) is 10.5. The van der Waals surface area contributed by atoms with Gasteiger partial charge in [-0.1, -0.05) is 18.2 Å². The van der Waals surface area contributed by atoms with Crippen LogP contribution < -0.4 is 11.1 Å². The third kappa shape index (κ3) is 3.71. The molecule has 0 aliphatic carbocycles. The van der Waals surface area contributed by atoms with Crippen LogP contribution in [0.3, 0.4) is 0 Å². The number of carbonyl (C=O) groups is 2. The Balaban J connectivity index is 1.51. The van der Waals surface area contributed by atoms with Gasteiger partial charge in [-0.2, -0.15) is 0 Å². The number of nitrogens with one attached hydrogen (secondary N) is 1. The monoisotopic (exact) mass is 443 g/mol. The van der Waals surface area contributed by atoms with Crippen molar-refractivity contribution in [2.45, 2.75) is 18.9 Å². The fraction of sp³-hybridized carbons (Fsp3) is 0.174. The summed E-state index contributed by atoms with van der Waals surface area (Å²) in [5, 5.41) is 12.3. The highest BCUT2D eigenvalue weighted by atomic mass is 16.4. The van der Waals surface area contributed by atoms with E-state index in [0.717, 1.165) is 12.0 Å². The number of amides is 2. The average Bonchev–Trinajstić information content (AvgIpc) is 3.45. The lowest BCUT2D eigenvalue weighted by Gasteiger charge is -2.20. The summed E-state index contributed by atoms with van der Waals surface area (Å²) >= 11 is 0. The molecular formula is C23H21N7O3. The van der Waals surface area contributed by atoms with E-state index in [1.165, 1.54) is 4.90 Å². The zero-order valence-electron chi connectivity index (χ0n) is 17.5. The molecule has 33 heavy (non-hydrogen) atoms. The van der Waals surface area contributed by atoms with Crippen molar-refractivity contribution in [3.8, 4) is 11.3 Å². The van der Waals surface area contributed by atoms with Crippen LogP contribution in [0.4, 0.5) is 16.4 Å². The molecular weight excluding hydrogens is 422 g/mol. The summed E-state index contributed by atoms with van der Waals surface area (Å²) in [5.74, 6) is 1.09. The molecule has 3 aromatic heterocycles. The second-order valence-electron chi connectivity index (χ2n) is 7.73. The zero-order chi connectivity index (χ0) is 22.9. The maximum Gasteiger partial charge on any atom is 0.407 e. The first-order valence-electron chi connectivity index (χ1n) is 10.5. The molecule has 0 spiro atoms. The van der Waals surface area contributed by atoms with Crippen molar-refractivity contribution in [1.29, 1.82) is 0 Å². The zero-order valence-corrected chi connectivity index (χ0v) is 17.5. The number of hydrogen-bond acceptors (Lipinski definition) is 6. The van der Waals surface area contributed by atoms with E-state index in [0.29, 0.717) is 47.2 Å². The number of carboxylic acid groups (broad SMARTS) is 1. The predicted molar refractivity (Wildman–Crippen MR) is 122 cm³/mol. The summed E-state index contributed by atoms with van der Waals surface area (Å²) in [6.07, 6.45) is 5.39. The molecule has 2 amide bonds. The van der Waals surface area contributed by atoms with Crippen molar-refractivity contribution in [1.82, 2.24) is 24.3 Å². The highest BCUT2D eigenvalue weighted by Crippen LogP contribution is 2.36. The molecule has 0 bridgehead atoms. The van der Waals surface area contributed by atoms with Crippen LogP contribution in [0.15, 0.2) is 61.1 Å². The summed E-state index contributed by atoms with van der Waals surface area (Å²) < 4.78 is 1.81. The molecule has 10 heteroatoms. The van der Waals surface area contributed by atoms with Gasteiger partial charge in [0.05, 0.1) is 6.04 Å². The number of imidazole rings is 1. The van der Waals surface area contributed by atoms with Crippen LogP contribution in [0.1, 0.15) is 35.1 Å². The molecule has 1 aliphatic heterocycles. The van der Waals surface area contributed by atoms with Gasteiger partial charge in [0.25, 0.3) is 5.91 Å². The number of benzene rings is 1. The number of carbonyl (C=O) groups excluding carboxylic acids is 1. The van der Waals surface area contributed by atoms with Crippen LogP contribution in [-0.4, -0.2) is 47.9 Å². The van der Waals surface area contributed by atoms with Gasteiger partial charge in [-0.05, 0) is 37.1 Å². The molecule has 1 saturated heterocycles. The Hall–Kier alpha value is -4.47. The summed E-state index contributed by atoms with van der Waals surface area (Å²) in [6.45, 7) is 0.463. The highest BCUT2D eigenvalue weighted by molar-refractivity contribution is 6.04. The van der Waals surface area contributed by atoms with Crippen molar-refractivity contribution in [3.05, 3.63) is 72.4 Å². The Morgan fingerprint density at radius 3 is 2.64 bits per heavy atom. The standard InChI is InChI=1S/C23H21N7O3/c24-20-19-18(14-6-8-15(9-7-14)22(31)27-17-5-1-2-10-25-17)28-21(30(19)13-11-26-20)16-4-3-12-29(16)23(32)33/h1-2,5-11,13,16H,3-4,12H2,(H2,24,26)(H,32,33)(H,25,27,31). The van der Waals surface area contributed by atoms with Gasteiger partial charge in [0.2, 0.25) is 0 Å².